The maximum absolute atomic E-state index is 13.3. The first-order chi connectivity index (χ1) is 16.7. The van der Waals surface area contributed by atoms with Crippen molar-refractivity contribution in [3.8, 4) is 0 Å². The zero-order valence-corrected chi connectivity index (χ0v) is 21.2. The summed E-state index contributed by atoms with van der Waals surface area (Å²) < 4.78 is 1.81. The van der Waals surface area contributed by atoms with Crippen molar-refractivity contribution in [1.29, 1.82) is 0 Å². The Labute approximate surface area is 205 Å². The molecular formula is C28H43N5O. The number of hydrogen-bond donors (Lipinski definition) is 0. The number of rotatable bonds is 6. The number of hydrogen-bond acceptors (Lipinski definition) is 5. The van der Waals surface area contributed by atoms with Crippen LogP contribution in [0.3, 0.4) is 0 Å². The summed E-state index contributed by atoms with van der Waals surface area (Å²) in [5.74, 6) is 2.61. The molecule has 0 bridgehead atoms. The Morgan fingerprint density at radius 2 is 1.53 bits per heavy atom. The highest BCUT2D eigenvalue weighted by Crippen LogP contribution is 2.29. The number of nitrogens with zero attached hydrogens (tertiary/aromatic N) is 5. The molecule has 6 nitrogen and oxygen atoms in total. The van der Waals surface area contributed by atoms with E-state index in [1.165, 1.54) is 70.8 Å². The Balaban J connectivity index is 1.20. The zero-order valence-electron chi connectivity index (χ0n) is 21.2. The van der Waals surface area contributed by atoms with E-state index in [0.717, 1.165) is 61.8 Å². The topological polar surface area (TPSA) is 54.3 Å². The number of aromatic nitrogens is 3. The molecule has 186 valence electrons. The average Bonchev–Trinajstić information content (AvgIpc) is 3.17. The van der Waals surface area contributed by atoms with E-state index in [1.807, 2.05) is 11.7 Å². The molecule has 0 atom stereocenters. The van der Waals surface area contributed by atoms with Gasteiger partial charge in [0.25, 0.3) is 0 Å². The van der Waals surface area contributed by atoms with Crippen LogP contribution in [0.2, 0.25) is 0 Å². The lowest BCUT2D eigenvalue weighted by Gasteiger charge is -2.35. The number of carbonyl (C=O) groups is 1. The van der Waals surface area contributed by atoms with Crippen molar-refractivity contribution < 1.29 is 4.79 Å². The van der Waals surface area contributed by atoms with E-state index in [0.29, 0.717) is 18.0 Å². The number of aryl methyl sites for hydroxylation is 1. The highest BCUT2D eigenvalue weighted by molar-refractivity contribution is 6.05. The summed E-state index contributed by atoms with van der Waals surface area (Å²) in [6.45, 7) is 5.72. The van der Waals surface area contributed by atoms with Crippen LogP contribution < -0.4 is 4.90 Å². The molecular weight excluding hydrogens is 422 g/mol. The number of likely N-dealkylation sites (tertiary alicyclic amines) is 1. The molecule has 0 unspecified atom stereocenters. The van der Waals surface area contributed by atoms with E-state index in [9.17, 15) is 4.79 Å². The van der Waals surface area contributed by atoms with Gasteiger partial charge in [0.2, 0.25) is 0 Å². The van der Waals surface area contributed by atoms with E-state index in [4.69, 9.17) is 4.98 Å². The van der Waals surface area contributed by atoms with Crippen LogP contribution in [-0.2, 0) is 7.05 Å². The number of ketones is 1. The van der Waals surface area contributed by atoms with Gasteiger partial charge in [-0.15, -0.1) is 0 Å². The monoisotopic (exact) mass is 465 g/mol. The van der Waals surface area contributed by atoms with Crippen molar-refractivity contribution in [1.82, 2.24) is 19.7 Å². The van der Waals surface area contributed by atoms with Gasteiger partial charge in [-0.3, -0.25) is 4.79 Å². The Morgan fingerprint density at radius 3 is 2.26 bits per heavy atom. The van der Waals surface area contributed by atoms with Crippen LogP contribution in [0.15, 0.2) is 12.1 Å². The van der Waals surface area contributed by atoms with Gasteiger partial charge in [-0.25, -0.2) is 9.67 Å². The fourth-order valence-corrected chi connectivity index (χ4v) is 6.45. The molecule has 1 aliphatic carbocycles. The minimum absolute atomic E-state index is 0.192. The van der Waals surface area contributed by atoms with Gasteiger partial charge in [0.1, 0.15) is 11.5 Å². The third kappa shape index (κ3) is 5.64. The van der Waals surface area contributed by atoms with Crippen molar-refractivity contribution in [2.24, 2.45) is 18.9 Å². The number of carbonyl (C=O) groups excluding carboxylic acids is 1. The molecule has 4 heterocycles. The lowest BCUT2D eigenvalue weighted by molar-refractivity contribution is 0.0910. The largest absolute Gasteiger partial charge is 0.357 e. The Bertz CT molecular complexity index is 947. The number of anilines is 1. The fraction of sp³-hybridized carbons (Fsp3) is 0.750. The molecule has 2 aromatic heterocycles. The van der Waals surface area contributed by atoms with E-state index in [2.05, 4.69) is 27.0 Å². The second kappa shape index (κ2) is 11.2. The molecule has 0 amide bonds. The third-order valence-electron chi connectivity index (χ3n) is 8.54. The zero-order chi connectivity index (χ0) is 23.3. The summed E-state index contributed by atoms with van der Waals surface area (Å²) in [5, 5.41) is 5.56. The molecule has 3 fully saturated rings. The van der Waals surface area contributed by atoms with Crippen LogP contribution in [0.25, 0.3) is 11.0 Å². The minimum Gasteiger partial charge on any atom is -0.357 e. The standard InChI is InChI=1S/C28H43N5O/c1-31-28-24(12-13-26(29-28)33-16-8-3-2-4-9-17-33)27(30-31)25(34)20-22-14-18-32(19-15-22)21-23-10-6-5-7-11-23/h12-13,22-23H,2-11,14-21H2,1H3. The number of pyridine rings is 1. The number of fused-ring (bicyclic) bond motifs is 1. The lowest BCUT2D eigenvalue weighted by Crippen LogP contribution is -2.38. The highest BCUT2D eigenvalue weighted by Gasteiger charge is 2.26. The highest BCUT2D eigenvalue weighted by atomic mass is 16.1. The predicted molar refractivity (Wildman–Crippen MR) is 138 cm³/mol. The van der Waals surface area contributed by atoms with E-state index >= 15 is 0 Å². The first-order valence-electron chi connectivity index (χ1n) is 14.0. The van der Waals surface area contributed by atoms with Crippen LogP contribution in [0, 0.1) is 11.8 Å². The van der Waals surface area contributed by atoms with Crippen LogP contribution in [0.5, 0.6) is 0 Å². The smallest absolute Gasteiger partial charge is 0.184 e. The average molecular weight is 466 g/mol. The second-order valence-corrected chi connectivity index (χ2v) is 11.1. The molecule has 5 rings (SSSR count). The molecule has 2 saturated heterocycles. The molecule has 0 N–H and O–H groups in total. The summed E-state index contributed by atoms with van der Waals surface area (Å²) in [6, 6.07) is 4.19. The van der Waals surface area contributed by atoms with Crippen LogP contribution in [0.4, 0.5) is 5.82 Å². The van der Waals surface area contributed by atoms with E-state index in [-0.39, 0.29) is 5.78 Å². The molecule has 1 saturated carbocycles. The van der Waals surface area contributed by atoms with Crippen molar-refractivity contribution in [3.63, 3.8) is 0 Å². The van der Waals surface area contributed by atoms with Crippen LogP contribution >= 0.6 is 0 Å². The fourth-order valence-electron chi connectivity index (χ4n) is 6.45. The molecule has 2 aliphatic heterocycles. The summed E-state index contributed by atoms with van der Waals surface area (Å²) in [6.07, 6.45) is 16.4. The number of Topliss-reactive ketones (excluding diaryl/α,β-unsaturated/α-hetero) is 1. The summed E-state index contributed by atoms with van der Waals surface area (Å²) >= 11 is 0. The molecule has 0 spiro atoms. The Morgan fingerprint density at radius 1 is 0.853 bits per heavy atom. The summed E-state index contributed by atoms with van der Waals surface area (Å²) in [5.41, 5.74) is 1.46. The first kappa shape index (κ1) is 23.8. The quantitative estimate of drug-likeness (QED) is 0.520. The van der Waals surface area contributed by atoms with E-state index < -0.39 is 0 Å². The maximum Gasteiger partial charge on any atom is 0.184 e. The van der Waals surface area contributed by atoms with Gasteiger partial charge in [-0.1, -0.05) is 38.5 Å². The SMILES string of the molecule is Cn1nc(C(=O)CC2CCN(CC3CCCCC3)CC2)c2ccc(N3CCCCCCC3)nc21. The van der Waals surface area contributed by atoms with Crippen molar-refractivity contribution in [2.45, 2.75) is 83.5 Å². The van der Waals surface area contributed by atoms with Gasteiger partial charge in [-0.05, 0) is 75.6 Å². The Kier molecular flexibility index (Phi) is 7.83. The van der Waals surface area contributed by atoms with Crippen molar-refractivity contribution in [2.75, 3.05) is 37.6 Å². The summed E-state index contributed by atoms with van der Waals surface area (Å²) in [7, 11) is 1.92. The number of piperidine rings is 1. The molecule has 34 heavy (non-hydrogen) atoms. The van der Waals surface area contributed by atoms with Gasteiger partial charge < -0.3 is 9.80 Å². The van der Waals surface area contributed by atoms with Gasteiger partial charge >= 0.3 is 0 Å². The summed E-state index contributed by atoms with van der Waals surface area (Å²) in [4.78, 5) is 23.3. The van der Waals surface area contributed by atoms with Crippen LogP contribution in [-0.4, -0.2) is 58.2 Å². The van der Waals surface area contributed by atoms with Crippen molar-refractivity contribution in [3.05, 3.63) is 17.8 Å². The minimum atomic E-state index is 0.192. The molecule has 3 aliphatic rings. The molecule has 0 radical (unpaired) electrons. The third-order valence-corrected chi connectivity index (χ3v) is 8.54. The normalized spacial score (nSPS) is 22.1. The van der Waals surface area contributed by atoms with Crippen molar-refractivity contribution >= 4 is 22.6 Å². The predicted octanol–water partition coefficient (Wildman–Crippen LogP) is 5.60. The van der Waals surface area contributed by atoms with Gasteiger partial charge in [-0.2, -0.15) is 5.10 Å². The molecule has 2 aromatic rings. The molecule has 0 aromatic carbocycles. The van der Waals surface area contributed by atoms with Gasteiger partial charge in [0.05, 0.1) is 5.39 Å². The molecule has 6 heteroatoms. The van der Waals surface area contributed by atoms with Crippen LogP contribution in [0.1, 0.15) is 94.0 Å². The second-order valence-electron chi connectivity index (χ2n) is 11.1. The Hall–Kier alpha value is -1.95. The van der Waals surface area contributed by atoms with E-state index in [1.54, 1.807) is 0 Å². The van der Waals surface area contributed by atoms with Gasteiger partial charge in [0, 0.05) is 33.1 Å². The lowest BCUT2D eigenvalue weighted by atomic mass is 9.87. The first-order valence-corrected chi connectivity index (χ1v) is 14.0. The maximum atomic E-state index is 13.3. The van der Waals surface area contributed by atoms with Gasteiger partial charge in [0.15, 0.2) is 11.4 Å².